The maximum Gasteiger partial charge on any atom is 0.234 e. The molecule has 0 aromatic heterocycles. The number of hydrogen-bond acceptors (Lipinski definition) is 4. The molecule has 0 spiro atoms. The van der Waals surface area contributed by atoms with Crippen molar-refractivity contribution in [2.75, 3.05) is 18.1 Å². The maximum atomic E-state index is 11.9. The highest BCUT2D eigenvalue weighted by atomic mass is 32.2. The molecule has 0 aliphatic carbocycles. The molecule has 1 aromatic carbocycles. The molecule has 2 atom stereocenters. The second-order valence-electron chi connectivity index (χ2n) is 6.13. The predicted octanol–water partition coefficient (Wildman–Crippen LogP) is 1.26. The van der Waals surface area contributed by atoms with E-state index in [2.05, 4.69) is 35.8 Å². The molecule has 2 unspecified atom stereocenters. The molecule has 0 radical (unpaired) electrons. The van der Waals surface area contributed by atoms with E-state index in [1.807, 2.05) is 13.8 Å². The van der Waals surface area contributed by atoms with Gasteiger partial charge in [-0.15, -0.1) is 0 Å². The number of aryl methyl sites for hydroxylation is 2. The van der Waals surface area contributed by atoms with Crippen LogP contribution in [-0.2, 0) is 14.6 Å². The van der Waals surface area contributed by atoms with E-state index in [-0.39, 0.29) is 36.0 Å². The van der Waals surface area contributed by atoms with E-state index >= 15 is 0 Å². The lowest BCUT2D eigenvalue weighted by Gasteiger charge is -2.18. The fourth-order valence-corrected chi connectivity index (χ4v) is 4.44. The topological polar surface area (TPSA) is 75.3 Å². The Bertz CT molecular complexity index is 655. The largest absolute Gasteiger partial charge is 0.351 e. The average Bonchev–Trinajstić information content (AvgIpc) is 2.78. The third kappa shape index (κ3) is 4.55. The van der Waals surface area contributed by atoms with Gasteiger partial charge >= 0.3 is 0 Å². The van der Waals surface area contributed by atoms with Gasteiger partial charge in [0.1, 0.15) is 0 Å². The third-order valence-corrected chi connectivity index (χ3v) is 5.84. The van der Waals surface area contributed by atoms with Crippen LogP contribution >= 0.6 is 0 Å². The summed E-state index contributed by atoms with van der Waals surface area (Å²) in [4.78, 5) is 11.9. The lowest BCUT2D eigenvalue weighted by atomic mass is 10.00. The third-order valence-electron chi connectivity index (χ3n) is 4.07. The number of sulfone groups is 1. The minimum atomic E-state index is -2.96. The van der Waals surface area contributed by atoms with E-state index in [4.69, 9.17) is 0 Å². The summed E-state index contributed by atoms with van der Waals surface area (Å²) in [6, 6.07) is 6.09. The smallest absolute Gasteiger partial charge is 0.234 e. The van der Waals surface area contributed by atoms with Crippen molar-refractivity contribution in [1.29, 1.82) is 0 Å². The van der Waals surface area contributed by atoms with Crippen molar-refractivity contribution in [2.45, 2.75) is 39.3 Å². The Morgan fingerprint density at radius 3 is 2.73 bits per heavy atom. The van der Waals surface area contributed by atoms with Crippen LogP contribution in [0.3, 0.4) is 0 Å². The van der Waals surface area contributed by atoms with Crippen molar-refractivity contribution in [1.82, 2.24) is 10.6 Å². The molecular weight excluding hydrogens is 300 g/mol. The Hall–Kier alpha value is -1.40. The van der Waals surface area contributed by atoms with Crippen LogP contribution < -0.4 is 10.6 Å². The van der Waals surface area contributed by atoms with Gasteiger partial charge in [-0.3, -0.25) is 4.79 Å². The highest BCUT2D eigenvalue weighted by Crippen LogP contribution is 2.18. The molecule has 1 aromatic rings. The molecule has 0 bridgehead atoms. The summed E-state index contributed by atoms with van der Waals surface area (Å²) in [5.74, 6) is 0.0782. The first-order valence-corrected chi connectivity index (χ1v) is 9.39. The van der Waals surface area contributed by atoms with E-state index in [0.717, 1.165) is 0 Å². The van der Waals surface area contributed by atoms with Gasteiger partial charge in [-0.1, -0.05) is 23.8 Å². The lowest BCUT2D eigenvalue weighted by molar-refractivity contribution is -0.120. The van der Waals surface area contributed by atoms with Crippen molar-refractivity contribution in [2.24, 2.45) is 0 Å². The maximum absolute atomic E-state index is 11.9. The Balaban J connectivity index is 1.84. The summed E-state index contributed by atoms with van der Waals surface area (Å²) in [5.41, 5.74) is 3.55. The van der Waals surface area contributed by atoms with E-state index in [1.165, 1.54) is 16.7 Å². The fraction of sp³-hybridized carbons (Fsp3) is 0.562. The monoisotopic (exact) mass is 324 g/mol. The SMILES string of the molecule is Cc1ccc(C)c(C(C)NCC(=O)NC2CCS(=O)(=O)C2)c1. The minimum absolute atomic E-state index is 0.0608. The van der Waals surface area contributed by atoms with Crippen LogP contribution in [-0.4, -0.2) is 38.4 Å². The number of benzene rings is 1. The molecule has 1 amide bonds. The quantitative estimate of drug-likeness (QED) is 0.855. The number of amides is 1. The van der Waals surface area contributed by atoms with Crippen molar-refractivity contribution < 1.29 is 13.2 Å². The number of carbonyl (C=O) groups is 1. The summed E-state index contributed by atoms with van der Waals surface area (Å²) in [7, 11) is -2.96. The number of rotatable bonds is 5. The standard InChI is InChI=1S/C16H24N2O3S/c1-11-4-5-12(2)15(8-11)13(3)17-9-16(19)18-14-6-7-22(20,21)10-14/h4-5,8,13-14,17H,6-7,9-10H2,1-3H3,(H,18,19). The van der Waals surface area contributed by atoms with Crippen molar-refractivity contribution in [3.63, 3.8) is 0 Å². The molecule has 1 heterocycles. The van der Waals surface area contributed by atoms with Crippen LogP contribution in [0.4, 0.5) is 0 Å². The van der Waals surface area contributed by atoms with Crippen LogP contribution in [0, 0.1) is 13.8 Å². The Morgan fingerprint density at radius 1 is 1.36 bits per heavy atom. The summed E-state index contributed by atoms with van der Waals surface area (Å²) < 4.78 is 22.8. The van der Waals surface area contributed by atoms with Crippen molar-refractivity contribution >= 4 is 15.7 Å². The van der Waals surface area contributed by atoms with E-state index in [0.29, 0.717) is 6.42 Å². The summed E-state index contributed by atoms with van der Waals surface area (Å²) >= 11 is 0. The molecule has 22 heavy (non-hydrogen) atoms. The second-order valence-corrected chi connectivity index (χ2v) is 8.36. The molecular formula is C16H24N2O3S. The van der Waals surface area contributed by atoms with Gasteiger partial charge in [0, 0.05) is 12.1 Å². The fourth-order valence-electron chi connectivity index (χ4n) is 2.77. The van der Waals surface area contributed by atoms with Gasteiger partial charge in [0.15, 0.2) is 9.84 Å². The zero-order chi connectivity index (χ0) is 16.3. The van der Waals surface area contributed by atoms with E-state index < -0.39 is 9.84 Å². The predicted molar refractivity (Wildman–Crippen MR) is 87.5 cm³/mol. The molecule has 6 heteroatoms. The van der Waals surface area contributed by atoms with Crippen LogP contribution in [0.1, 0.15) is 36.1 Å². The Morgan fingerprint density at radius 2 is 2.09 bits per heavy atom. The highest BCUT2D eigenvalue weighted by molar-refractivity contribution is 7.91. The molecule has 1 saturated heterocycles. The first-order valence-electron chi connectivity index (χ1n) is 7.57. The lowest BCUT2D eigenvalue weighted by Crippen LogP contribution is -2.41. The molecule has 2 rings (SSSR count). The van der Waals surface area contributed by atoms with Gasteiger partial charge < -0.3 is 10.6 Å². The number of hydrogen-bond donors (Lipinski definition) is 2. The van der Waals surface area contributed by atoms with E-state index in [1.54, 1.807) is 0 Å². The van der Waals surface area contributed by atoms with Gasteiger partial charge in [0.25, 0.3) is 0 Å². The van der Waals surface area contributed by atoms with Crippen LogP contribution in [0.25, 0.3) is 0 Å². The van der Waals surface area contributed by atoms with Crippen molar-refractivity contribution in [3.8, 4) is 0 Å². The Labute approximate surface area is 132 Å². The average molecular weight is 324 g/mol. The molecule has 1 aliphatic heterocycles. The van der Waals surface area contributed by atoms with Gasteiger partial charge in [0.2, 0.25) is 5.91 Å². The molecule has 1 fully saturated rings. The molecule has 0 saturated carbocycles. The number of carbonyl (C=O) groups excluding carboxylic acids is 1. The first-order chi connectivity index (χ1) is 10.3. The van der Waals surface area contributed by atoms with Crippen LogP contribution in [0.5, 0.6) is 0 Å². The first kappa shape index (κ1) is 17.0. The number of nitrogens with one attached hydrogen (secondary N) is 2. The zero-order valence-electron chi connectivity index (χ0n) is 13.3. The summed E-state index contributed by atoms with van der Waals surface area (Å²) in [6.07, 6.45) is 0.514. The zero-order valence-corrected chi connectivity index (χ0v) is 14.2. The van der Waals surface area contributed by atoms with Gasteiger partial charge in [-0.05, 0) is 38.3 Å². The molecule has 122 valence electrons. The van der Waals surface area contributed by atoms with Crippen LogP contribution in [0.2, 0.25) is 0 Å². The molecule has 1 aliphatic rings. The van der Waals surface area contributed by atoms with Crippen LogP contribution in [0.15, 0.2) is 18.2 Å². The molecule has 5 nitrogen and oxygen atoms in total. The normalized spacial score (nSPS) is 21.5. The van der Waals surface area contributed by atoms with Gasteiger partial charge in [-0.25, -0.2) is 8.42 Å². The van der Waals surface area contributed by atoms with E-state index in [9.17, 15) is 13.2 Å². The molecule has 2 N–H and O–H groups in total. The summed E-state index contributed by atoms with van der Waals surface area (Å²) in [6.45, 7) is 6.31. The highest BCUT2D eigenvalue weighted by Gasteiger charge is 2.28. The van der Waals surface area contributed by atoms with Gasteiger partial charge in [-0.2, -0.15) is 0 Å². The minimum Gasteiger partial charge on any atom is -0.351 e. The second kappa shape index (κ2) is 6.79. The van der Waals surface area contributed by atoms with Crippen molar-refractivity contribution in [3.05, 3.63) is 34.9 Å². The van der Waals surface area contributed by atoms with Gasteiger partial charge in [0.05, 0.1) is 18.1 Å². The summed E-state index contributed by atoms with van der Waals surface area (Å²) in [5, 5.41) is 5.99. The Kier molecular flexibility index (Phi) is 5.24.